The largest absolute Gasteiger partial charge is 0.357 e. The molecule has 0 bridgehead atoms. The first kappa shape index (κ1) is 13.4. The summed E-state index contributed by atoms with van der Waals surface area (Å²) in [7, 11) is 0. The van der Waals surface area contributed by atoms with Crippen LogP contribution < -0.4 is 10.6 Å². The van der Waals surface area contributed by atoms with Crippen molar-refractivity contribution >= 4 is 34.1 Å². The summed E-state index contributed by atoms with van der Waals surface area (Å²) in [5.74, 6) is 0.0818. The van der Waals surface area contributed by atoms with Crippen molar-refractivity contribution in [1.29, 1.82) is 0 Å². The molecule has 0 unspecified atom stereocenters. The molecule has 18 heavy (non-hydrogen) atoms. The summed E-state index contributed by atoms with van der Waals surface area (Å²) in [5.41, 5.74) is 0. The van der Waals surface area contributed by atoms with Gasteiger partial charge in [0, 0.05) is 12.6 Å². The molecular weight excluding hydrogens is 268 g/mol. The molecule has 2 N–H and O–H groups in total. The van der Waals surface area contributed by atoms with E-state index in [1.165, 1.54) is 23.1 Å². The van der Waals surface area contributed by atoms with Crippen molar-refractivity contribution in [3.05, 3.63) is 12.7 Å². The summed E-state index contributed by atoms with van der Waals surface area (Å²) in [6.45, 7) is 6.18. The predicted molar refractivity (Wildman–Crippen MR) is 75.1 cm³/mol. The van der Waals surface area contributed by atoms with Gasteiger partial charge in [-0.05, 0) is 19.8 Å². The van der Waals surface area contributed by atoms with Gasteiger partial charge in [0.25, 0.3) is 0 Å². The number of amides is 1. The van der Waals surface area contributed by atoms with Crippen molar-refractivity contribution in [2.45, 2.75) is 35.4 Å². The van der Waals surface area contributed by atoms with Crippen LogP contribution in [0, 0.1) is 0 Å². The van der Waals surface area contributed by atoms with Crippen LogP contribution in [0.25, 0.3) is 0 Å². The Hall–Kier alpha value is -1.08. The zero-order valence-corrected chi connectivity index (χ0v) is 11.8. The molecule has 5 nitrogen and oxygen atoms in total. The highest BCUT2D eigenvalue weighted by atomic mass is 32.2. The van der Waals surface area contributed by atoms with Crippen LogP contribution in [0.3, 0.4) is 0 Å². The van der Waals surface area contributed by atoms with Crippen LogP contribution in [0.4, 0.5) is 5.13 Å². The molecule has 7 heteroatoms. The van der Waals surface area contributed by atoms with E-state index in [0.717, 1.165) is 22.3 Å². The fourth-order valence-corrected chi connectivity index (χ4v) is 3.15. The molecule has 0 saturated heterocycles. The van der Waals surface area contributed by atoms with Gasteiger partial charge >= 0.3 is 0 Å². The maximum absolute atomic E-state index is 11.8. The minimum atomic E-state index is -0.134. The normalized spacial score (nSPS) is 16.1. The number of anilines is 1. The smallest absolute Gasteiger partial charge is 0.233 e. The Morgan fingerprint density at radius 3 is 3.11 bits per heavy atom. The van der Waals surface area contributed by atoms with Crippen molar-refractivity contribution in [2.24, 2.45) is 0 Å². The second kappa shape index (κ2) is 6.19. The summed E-state index contributed by atoms with van der Waals surface area (Å²) in [4.78, 5) is 11.8. The molecule has 98 valence electrons. The first-order valence-electron chi connectivity index (χ1n) is 5.84. The SMILES string of the molecule is C=CCNc1nnc(S[C@@H](C)C(=O)NC2CC2)s1. The Morgan fingerprint density at radius 2 is 2.44 bits per heavy atom. The minimum Gasteiger partial charge on any atom is -0.357 e. The lowest BCUT2D eigenvalue weighted by Gasteiger charge is -2.08. The molecular formula is C11H16N4OS2. The van der Waals surface area contributed by atoms with E-state index in [1.807, 2.05) is 6.92 Å². The summed E-state index contributed by atoms with van der Waals surface area (Å²) in [5, 5.41) is 14.7. The average molecular weight is 284 g/mol. The second-order valence-electron chi connectivity index (χ2n) is 4.09. The highest BCUT2D eigenvalue weighted by molar-refractivity contribution is 8.02. The number of aromatic nitrogens is 2. The summed E-state index contributed by atoms with van der Waals surface area (Å²) in [6, 6.07) is 0.403. The lowest BCUT2D eigenvalue weighted by atomic mass is 10.4. The standard InChI is InChI=1S/C11H16N4OS2/c1-3-6-12-10-14-15-11(18-10)17-7(2)9(16)13-8-4-5-8/h3,7-8H,1,4-6H2,2H3,(H,12,14)(H,13,16)/t7-/m0/s1. The number of rotatable bonds is 7. The van der Waals surface area contributed by atoms with Gasteiger partial charge in [-0.1, -0.05) is 29.2 Å². The van der Waals surface area contributed by atoms with Gasteiger partial charge in [0.1, 0.15) is 0 Å². The molecule has 1 aliphatic carbocycles. The van der Waals surface area contributed by atoms with E-state index in [-0.39, 0.29) is 11.2 Å². The third-order valence-corrected chi connectivity index (χ3v) is 4.44. The zero-order chi connectivity index (χ0) is 13.0. The lowest BCUT2D eigenvalue weighted by Crippen LogP contribution is -2.32. The van der Waals surface area contributed by atoms with Crippen molar-refractivity contribution in [3.8, 4) is 0 Å². The number of nitrogens with one attached hydrogen (secondary N) is 2. The number of hydrogen-bond acceptors (Lipinski definition) is 6. The van der Waals surface area contributed by atoms with Crippen LogP contribution in [-0.2, 0) is 4.79 Å². The molecule has 0 aromatic carbocycles. The van der Waals surface area contributed by atoms with Gasteiger partial charge in [-0.2, -0.15) is 0 Å². The third-order valence-electron chi connectivity index (χ3n) is 2.37. The fraction of sp³-hybridized carbons (Fsp3) is 0.545. The molecule has 1 fully saturated rings. The van der Waals surface area contributed by atoms with Gasteiger partial charge in [0.2, 0.25) is 11.0 Å². The second-order valence-corrected chi connectivity index (χ2v) is 6.65. The molecule has 1 aliphatic rings. The van der Waals surface area contributed by atoms with Crippen molar-refractivity contribution in [3.63, 3.8) is 0 Å². The molecule has 1 saturated carbocycles. The Labute approximate surface area is 114 Å². The number of carbonyl (C=O) groups excluding carboxylic acids is 1. The highest BCUT2D eigenvalue weighted by Gasteiger charge is 2.26. The molecule has 0 spiro atoms. The van der Waals surface area contributed by atoms with E-state index < -0.39 is 0 Å². The van der Waals surface area contributed by atoms with Gasteiger partial charge in [-0.15, -0.1) is 16.8 Å². The van der Waals surface area contributed by atoms with E-state index in [0.29, 0.717) is 12.6 Å². The van der Waals surface area contributed by atoms with Gasteiger partial charge in [0.05, 0.1) is 5.25 Å². The molecule has 0 radical (unpaired) electrons. The molecule has 1 heterocycles. The van der Waals surface area contributed by atoms with Crippen molar-refractivity contribution < 1.29 is 4.79 Å². The first-order valence-corrected chi connectivity index (χ1v) is 7.54. The van der Waals surface area contributed by atoms with Crippen molar-refractivity contribution in [1.82, 2.24) is 15.5 Å². The minimum absolute atomic E-state index is 0.0818. The number of thioether (sulfide) groups is 1. The number of hydrogen-bond donors (Lipinski definition) is 2. The van der Waals surface area contributed by atoms with Gasteiger partial charge in [-0.25, -0.2) is 0 Å². The number of carbonyl (C=O) groups is 1. The van der Waals surface area contributed by atoms with Gasteiger partial charge in [0.15, 0.2) is 4.34 Å². The molecule has 2 rings (SSSR count). The quantitative estimate of drug-likeness (QED) is 0.591. The van der Waals surface area contributed by atoms with E-state index in [9.17, 15) is 4.79 Å². The number of nitrogens with zero attached hydrogens (tertiary/aromatic N) is 2. The van der Waals surface area contributed by atoms with Gasteiger partial charge < -0.3 is 10.6 Å². The molecule has 1 aromatic heterocycles. The summed E-state index contributed by atoms with van der Waals surface area (Å²) < 4.78 is 0.806. The Bertz CT molecular complexity index is 430. The molecule has 1 aromatic rings. The molecule has 1 amide bonds. The highest BCUT2D eigenvalue weighted by Crippen LogP contribution is 2.29. The van der Waals surface area contributed by atoms with Crippen LogP contribution in [0.15, 0.2) is 17.0 Å². The molecule has 0 aliphatic heterocycles. The monoisotopic (exact) mass is 284 g/mol. The fourth-order valence-electron chi connectivity index (χ4n) is 1.24. The van der Waals surface area contributed by atoms with Crippen LogP contribution in [-0.4, -0.2) is 33.9 Å². The van der Waals surface area contributed by atoms with Crippen LogP contribution in [0.5, 0.6) is 0 Å². The van der Waals surface area contributed by atoms with E-state index >= 15 is 0 Å². The first-order chi connectivity index (χ1) is 8.69. The zero-order valence-electron chi connectivity index (χ0n) is 10.2. The Balaban J connectivity index is 1.81. The van der Waals surface area contributed by atoms with Crippen LogP contribution in [0.2, 0.25) is 0 Å². The topological polar surface area (TPSA) is 66.9 Å². The summed E-state index contributed by atoms with van der Waals surface area (Å²) in [6.07, 6.45) is 3.98. The Morgan fingerprint density at radius 1 is 1.67 bits per heavy atom. The third kappa shape index (κ3) is 3.99. The summed E-state index contributed by atoms with van der Waals surface area (Å²) >= 11 is 2.90. The van der Waals surface area contributed by atoms with Crippen molar-refractivity contribution in [2.75, 3.05) is 11.9 Å². The van der Waals surface area contributed by atoms with Gasteiger partial charge in [-0.3, -0.25) is 4.79 Å². The van der Waals surface area contributed by atoms with E-state index in [1.54, 1.807) is 6.08 Å². The maximum Gasteiger partial charge on any atom is 0.233 e. The van der Waals surface area contributed by atoms with E-state index in [2.05, 4.69) is 27.4 Å². The average Bonchev–Trinajstić information content (AvgIpc) is 3.05. The van der Waals surface area contributed by atoms with Crippen LogP contribution in [0.1, 0.15) is 19.8 Å². The molecule has 1 atom stereocenters. The Kier molecular flexibility index (Phi) is 4.60. The predicted octanol–water partition coefficient (Wildman–Crippen LogP) is 1.90. The maximum atomic E-state index is 11.8. The van der Waals surface area contributed by atoms with Crippen LogP contribution >= 0.6 is 23.1 Å². The van der Waals surface area contributed by atoms with E-state index in [4.69, 9.17) is 0 Å². The lowest BCUT2D eigenvalue weighted by molar-refractivity contribution is -0.120.